The number of carbonyl (C=O) groups excluding carboxylic acids is 1. The fraction of sp³-hybridized carbons (Fsp3) is 0.360. The van der Waals surface area contributed by atoms with Gasteiger partial charge in [0.05, 0.1) is 16.4 Å². The topological polar surface area (TPSA) is 50.2 Å². The summed E-state index contributed by atoms with van der Waals surface area (Å²) in [6, 6.07) is 13.7. The molecule has 0 atom stereocenters. The first-order valence-corrected chi connectivity index (χ1v) is 12.0. The van der Waals surface area contributed by atoms with Gasteiger partial charge in [0, 0.05) is 29.2 Å². The maximum Gasteiger partial charge on any atom is 0.286 e. The quantitative estimate of drug-likeness (QED) is 0.473. The van der Waals surface area contributed by atoms with Gasteiger partial charge in [-0.15, -0.1) is 0 Å². The molecule has 0 saturated carbocycles. The molecule has 1 aliphatic rings. The third-order valence-electron chi connectivity index (χ3n) is 5.94. The van der Waals surface area contributed by atoms with E-state index < -0.39 is 0 Å². The number of nitrogens with one attached hydrogen (secondary N) is 1. The molecule has 2 heterocycles. The highest BCUT2D eigenvalue weighted by molar-refractivity contribution is 6.35. The van der Waals surface area contributed by atoms with E-state index in [9.17, 15) is 4.79 Å². The van der Waals surface area contributed by atoms with Crippen LogP contribution in [0, 0.1) is 0 Å². The SMILES string of the molecule is CCc1ccc(-c2c(CC)c(C(=O)NN3CCCCC3)nn2-c2ccc(Cl)cc2Cl)cc1. The first-order valence-electron chi connectivity index (χ1n) is 11.2. The molecule has 32 heavy (non-hydrogen) atoms. The molecular weight excluding hydrogens is 443 g/mol. The van der Waals surface area contributed by atoms with Crippen molar-refractivity contribution in [3.8, 4) is 16.9 Å². The molecule has 0 bridgehead atoms. The monoisotopic (exact) mass is 470 g/mol. The summed E-state index contributed by atoms with van der Waals surface area (Å²) in [4.78, 5) is 13.3. The van der Waals surface area contributed by atoms with E-state index >= 15 is 0 Å². The number of halogens is 2. The normalized spacial score (nSPS) is 14.5. The number of nitrogens with zero attached hydrogens (tertiary/aromatic N) is 3. The van der Waals surface area contributed by atoms with Crippen LogP contribution in [0.1, 0.15) is 54.7 Å². The van der Waals surface area contributed by atoms with Gasteiger partial charge < -0.3 is 0 Å². The van der Waals surface area contributed by atoms with Crippen LogP contribution in [0.4, 0.5) is 0 Å². The van der Waals surface area contributed by atoms with Crippen LogP contribution in [-0.4, -0.2) is 33.8 Å². The Morgan fingerprint density at radius 2 is 1.72 bits per heavy atom. The van der Waals surface area contributed by atoms with Crippen molar-refractivity contribution < 1.29 is 4.79 Å². The number of aromatic nitrogens is 2. The molecule has 0 spiro atoms. The van der Waals surface area contributed by atoms with Crippen LogP contribution in [0.2, 0.25) is 10.0 Å². The van der Waals surface area contributed by atoms with Crippen molar-refractivity contribution >= 4 is 29.1 Å². The minimum absolute atomic E-state index is 0.181. The van der Waals surface area contributed by atoms with Crippen molar-refractivity contribution in [1.29, 1.82) is 0 Å². The standard InChI is InChI=1S/C25H28Cl2N4O/c1-3-17-8-10-18(11-9-17)24-20(4-2)23(25(32)29-30-14-6-5-7-15-30)28-31(24)22-13-12-19(26)16-21(22)27/h8-13,16H,3-7,14-15H2,1-2H3,(H,29,32). The van der Waals surface area contributed by atoms with Gasteiger partial charge in [-0.3, -0.25) is 10.2 Å². The Labute approximate surface area is 199 Å². The average Bonchev–Trinajstić information content (AvgIpc) is 3.19. The molecule has 1 aliphatic heterocycles. The number of piperidine rings is 1. The maximum atomic E-state index is 13.3. The van der Waals surface area contributed by atoms with E-state index in [1.807, 2.05) is 18.0 Å². The smallest absolute Gasteiger partial charge is 0.283 e. The van der Waals surface area contributed by atoms with Gasteiger partial charge in [0.25, 0.3) is 5.91 Å². The fourth-order valence-corrected chi connectivity index (χ4v) is 4.68. The summed E-state index contributed by atoms with van der Waals surface area (Å²) in [5.74, 6) is -0.181. The Bertz CT molecular complexity index is 1100. The minimum Gasteiger partial charge on any atom is -0.283 e. The Morgan fingerprint density at radius 1 is 1.00 bits per heavy atom. The summed E-state index contributed by atoms with van der Waals surface area (Å²) in [5.41, 5.74) is 8.21. The molecule has 1 amide bonds. The Hall–Kier alpha value is -2.34. The second-order valence-corrected chi connectivity index (χ2v) is 8.92. The molecule has 1 aromatic heterocycles. The summed E-state index contributed by atoms with van der Waals surface area (Å²) in [5, 5.41) is 7.81. The Balaban J connectivity index is 1.83. The van der Waals surface area contributed by atoms with Crippen molar-refractivity contribution in [2.75, 3.05) is 13.1 Å². The predicted octanol–water partition coefficient (Wildman–Crippen LogP) is 6.10. The van der Waals surface area contributed by atoms with Gasteiger partial charge in [0.2, 0.25) is 0 Å². The lowest BCUT2D eigenvalue weighted by atomic mass is 10.0. The number of hydrogen-bond donors (Lipinski definition) is 1. The van der Waals surface area contributed by atoms with Crippen LogP contribution in [0.15, 0.2) is 42.5 Å². The lowest BCUT2D eigenvalue weighted by Gasteiger charge is -2.26. The van der Waals surface area contributed by atoms with E-state index in [0.717, 1.165) is 49.2 Å². The minimum atomic E-state index is -0.181. The maximum absolute atomic E-state index is 13.3. The summed E-state index contributed by atoms with van der Waals surface area (Å²) >= 11 is 12.7. The molecule has 0 aliphatic carbocycles. The molecule has 4 rings (SSSR count). The number of benzene rings is 2. The first-order chi connectivity index (χ1) is 15.5. The number of aryl methyl sites for hydroxylation is 1. The zero-order chi connectivity index (χ0) is 22.7. The van der Waals surface area contributed by atoms with Crippen LogP contribution >= 0.6 is 23.2 Å². The van der Waals surface area contributed by atoms with Gasteiger partial charge in [-0.25, -0.2) is 9.69 Å². The van der Waals surface area contributed by atoms with Crippen LogP contribution in [0.3, 0.4) is 0 Å². The molecule has 0 unspecified atom stereocenters. The molecule has 1 saturated heterocycles. The van der Waals surface area contributed by atoms with E-state index in [1.54, 1.807) is 16.8 Å². The second kappa shape index (κ2) is 10.1. The van der Waals surface area contributed by atoms with E-state index in [-0.39, 0.29) is 5.91 Å². The number of amides is 1. The van der Waals surface area contributed by atoms with Gasteiger partial charge in [0.15, 0.2) is 5.69 Å². The van der Waals surface area contributed by atoms with Crippen molar-refractivity contribution in [1.82, 2.24) is 20.2 Å². The second-order valence-electron chi connectivity index (χ2n) is 8.08. The van der Waals surface area contributed by atoms with Crippen molar-refractivity contribution in [3.63, 3.8) is 0 Å². The summed E-state index contributed by atoms with van der Waals surface area (Å²) in [6.45, 7) is 5.91. The summed E-state index contributed by atoms with van der Waals surface area (Å²) < 4.78 is 1.78. The highest BCUT2D eigenvalue weighted by Gasteiger charge is 2.26. The highest BCUT2D eigenvalue weighted by Crippen LogP contribution is 2.33. The predicted molar refractivity (Wildman–Crippen MR) is 131 cm³/mol. The van der Waals surface area contributed by atoms with Crippen molar-refractivity contribution in [2.45, 2.75) is 46.0 Å². The third-order valence-corrected chi connectivity index (χ3v) is 6.48. The molecule has 2 aromatic carbocycles. The number of carbonyl (C=O) groups is 1. The van der Waals surface area contributed by atoms with Crippen LogP contribution in [0.25, 0.3) is 16.9 Å². The van der Waals surface area contributed by atoms with Crippen LogP contribution < -0.4 is 5.43 Å². The number of hydrogen-bond acceptors (Lipinski definition) is 3. The molecule has 0 radical (unpaired) electrons. The molecule has 5 nitrogen and oxygen atoms in total. The van der Waals surface area contributed by atoms with Gasteiger partial charge >= 0.3 is 0 Å². The average molecular weight is 471 g/mol. The van der Waals surface area contributed by atoms with Gasteiger partial charge in [-0.05, 0) is 49.4 Å². The molecule has 1 fully saturated rings. The van der Waals surface area contributed by atoms with Crippen LogP contribution in [0.5, 0.6) is 0 Å². The molecule has 7 heteroatoms. The van der Waals surface area contributed by atoms with E-state index in [0.29, 0.717) is 27.8 Å². The van der Waals surface area contributed by atoms with Gasteiger partial charge in [-0.2, -0.15) is 5.10 Å². The van der Waals surface area contributed by atoms with E-state index in [4.69, 9.17) is 28.3 Å². The zero-order valence-electron chi connectivity index (χ0n) is 18.5. The van der Waals surface area contributed by atoms with E-state index in [1.165, 1.54) is 12.0 Å². The fourth-order valence-electron chi connectivity index (χ4n) is 4.19. The summed E-state index contributed by atoms with van der Waals surface area (Å²) in [6.07, 6.45) is 5.01. The first kappa shape index (κ1) is 22.8. The molecule has 3 aromatic rings. The third kappa shape index (κ3) is 4.70. The number of rotatable bonds is 6. The Morgan fingerprint density at radius 3 is 2.34 bits per heavy atom. The summed E-state index contributed by atoms with van der Waals surface area (Å²) in [7, 11) is 0. The molecule has 168 valence electrons. The van der Waals surface area contributed by atoms with Gasteiger partial charge in [-0.1, -0.05) is 67.7 Å². The lowest BCUT2D eigenvalue weighted by molar-refractivity contribution is 0.0743. The highest BCUT2D eigenvalue weighted by atomic mass is 35.5. The van der Waals surface area contributed by atoms with Crippen molar-refractivity contribution in [3.05, 3.63) is 69.3 Å². The van der Waals surface area contributed by atoms with Gasteiger partial charge in [0.1, 0.15) is 0 Å². The zero-order valence-corrected chi connectivity index (χ0v) is 20.0. The largest absolute Gasteiger partial charge is 0.286 e. The lowest BCUT2D eigenvalue weighted by Crippen LogP contribution is -2.45. The Kier molecular flexibility index (Phi) is 7.19. The molecular formula is C25H28Cl2N4O. The van der Waals surface area contributed by atoms with E-state index in [2.05, 4.69) is 36.6 Å². The molecule has 1 N–H and O–H groups in total. The number of hydrazine groups is 1. The van der Waals surface area contributed by atoms with Crippen molar-refractivity contribution in [2.24, 2.45) is 0 Å². The van der Waals surface area contributed by atoms with Crippen LogP contribution in [-0.2, 0) is 12.8 Å².